The standard InChI is InChI=1S/C12H10ClN3S2/c1-6(14)9-4-5-10(17-9)11-7(13)2-3-8-12(11)16-18-15-8/h2-6H,14H2,1H3. The van der Waals surface area contributed by atoms with E-state index in [2.05, 4.69) is 8.75 Å². The van der Waals surface area contributed by atoms with Gasteiger partial charge < -0.3 is 5.73 Å². The number of fused-ring (bicyclic) bond motifs is 1. The maximum absolute atomic E-state index is 6.30. The van der Waals surface area contributed by atoms with Crippen LogP contribution in [0.25, 0.3) is 21.5 Å². The molecule has 2 aromatic heterocycles. The lowest BCUT2D eigenvalue weighted by molar-refractivity contribution is 0.838. The SMILES string of the molecule is CC(N)c1ccc(-c2c(Cl)ccc3nsnc23)s1. The van der Waals surface area contributed by atoms with Crippen LogP contribution in [0.15, 0.2) is 24.3 Å². The van der Waals surface area contributed by atoms with E-state index in [-0.39, 0.29) is 6.04 Å². The number of benzene rings is 1. The summed E-state index contributed by atoms with van der Waals surface area (Å²) in [5.74, 6) is 0. The summed E-state index contributed by atoms with van der Waals surface area (Å²) in [5.41, 5.74) is 8.60. The molecular weight excluding hydrogens is 286 g/mol. The van der Waals surface area contributed by atoms with Gasteiger partial charge in [0.05, 0.1) is 16.8 Å². The van der Waals surface area contributed by atoms with E-state index in [9.17, 15) is 0 Å². The van der Waals surface area contributed by atoms with Crippen LogP contribution in [0, 0.1) is 0 Å². The summed E-state index contributed by atoms with van der Waals surface area (Å²) in [6.07, 6.45) is 0. The number of hydrogen-bond donors (Lipinski definition) is 1. The zero-order valence-corrected chi connectivity index (χ0v) is 11.9. The fourth-order valence-electron chi connectivity index (χ4n) is 1.79. The largest absolute Gasteiger partial charge is 0.324 e. The quantitative estimate of drug-likeness (QED) is 0.774. The summed E-state index contributed by atoms with van der Waals surface area (Å²) < 4.78 is 8.57. The lowest BCUT2D eigenvalue weighted by Gasteiger charge is -2.02. The molecule has 1 atom stereocenters. The topological polar surface area (TPSA) is 51.8 Å². The van der Waals surface area contributed by atoms with Crippen molar-refractivity contribution >= 4 is 45.7 Å². The van der Waals surface area contributed by atoms with Crippen molar-refractivity contribution in [2.45, 2.75) is 13.0 Å². The molecule has 18 heavy (non-hydrogen) atoms. The molecule has 0 saturated carbocycles. The molecule has 0 aliphatic heterocycles. The minimum atomic E-state index is 0.0373. The van der Waals surface area contributed by atoms with Gasteiger partial charge in [-0.15, -0.1) is 11.3 Å². The third-order valence-corrected chi connectivity index (χ3v) is 4.86. The van der Waals surface area contributed by atoms with E-state index >= 15 is 0 Å². The Balaban J connectivity index is 2.23. The van der Waals surface area contributed by atoms with Crippen molar-refractivity contribution in [3.8, 4) is 10.4 Å². The predicted octanol–water partition coefficient (Wildman–Crippen LogP) is 4.09. The number of hydrogen-bond acceptors (Lipinski definition) is 5. The molecule has 0 fully saturated rings. The van der Waals surface area contributed by atoms with Gasteiger partial charge in [-0.1, -0.05) is 11.6 Å². The normalized spacial score (nSPS) is 13.1. The van der Waals surface area contributed by atoms with E-state index in [0.29, 0.717) is 5.02 Å². The molecule has 0 saturated heterocycles. The van der Waals surface area contributed by atoms with Gasteiger partial charge in [-0.2, -0.15) is 8.75 Å². The molecule has 3 rings (SSSR count). The molecule has 0 aliphatic carbocycles. The van der Waals surface area contributed by atoms with Gasteiger partial charge in [0, 0.05) is 21.4 Å². The Kier molecular flexibility index (Phi) is 3.07. The molecule has 2 N–H and O–H groups in total. The van der Waals surface area contributed by atoms with Gasteiger partial charge in [0.25, 0.3) is 0 Å². The zero-order valence-electron chi connectivity index (χ0n) is 9.55. The molecule has 3 nitrogen and oxygen atoms in total. The number of nitrogens with zero attached hydrogens (tertiary/aromatic N) is 2. The van der Waals surface area contributed by atoms with Gasteiger partial charge in [-0.05, 0) is 31.2 Å². The van der Waals surface area contributed by atoms with Gasteiger partial charge in [0.2, 0.25) is 0 Å². The summed E-state index contributed by atoms with van der Waals surface area (Å²) in [7, 11) is 0. The third kappa shape index (κ3) is 1.93. The summed E-state index contributed by atoms with van der Waals surface area (Å²) in [4.78, 5) is 2.23. The fraction of sp³-hybridized carbons (Fsp3) is 0.167. The molecule has 0 bridgehead atoms. The first-order chi connectivity index (χ1) is 8.66. The number of rotatable bonds is 2. The summed E-state index contributed by atoms with van der Waals surface area (Å²) in [5, 5.41) is 0.702. The van der Waals surface area contributed by atoms with E-state index in [1.807, 2.05) is 31.2 Å². The van der Waals surface area contributed by atoms with Crippen LogP contribution in [-0.4, -0.2) is 8.75 Å². The van der Waals surface area contributed by atoms with E-state index < -0.39 is 0 Å². The van der Waals surface area contributed by atoms with Crippen LogP contribution in [0.4, 0.5) is 0 Å². The van der Waals surface area contributed by atoms with Crippen molar-refractivity contribution in [1.29, 1.82) is 0 Å². The highest BCUT2D eigenvalue weighted by Crippen LogP contribution is 2.39. The third-order valence-electron chi connectivity index (χ3n) is 2.70. The smallest absolute Gasteiger partial charge is 0.114 e. The number of halogens is 1. The van der Waals surface area contributed by atoms with Crippen LogP contribution in [-0.2, 0) is 0 Å². The average molecular weight is 296 g/mol. The van der Waals surface area contributed by atoms with Gasteiger partial charge in [0.15, 0.2) is 0 Å². The number of aromatic nitrogens is 2. The maximum Gasteiger partial charge on any atom is 0.114 e. The van der Waals surface area contributed by atoms with Crippen molar-refractivity contribution in [2.75, 3.05) is 0 Å². The Labute approximate surface area is 118 Å². The summed E-state index contributed by atoms with van der Waals surface area (Å²) in [6, 6.07) is 7.88. The molecular formula is C12H10ClN3S2. The highest BCUT2D eigenvalue weighted by atomic mass is 35.5. The highest BCUT2D eigenvalue weighted by Gasteiger charge is 2.14. The number of thiophene rings is 1. The van der Waals surface area contributed by atoms with Gasteiger partial charge in [-0.3, -0.25) is 0 Å². The van der Waals surface area contributed by atoms with Crippen molar-refractivity contribution in [2.24, 2.45) is 5.73 Å². The van der Waals surface area contributed by atoms with E-state index in [0.717, 1.165) is 26.4 Å². The summed E-state index contributed by atoms with van der Waals surface area (Å²) >= 11 is 9.15. The fourth-order valence-corrected chi connectivity index (χ4v) is 3.67. The van der Waals surface area contributed by atoms with Gasteiger partial charge >= 0.3 is 0 Å². The van der Waals surface area contributed by atoms with Crippen molar-refractivity contribution in [3.63, 3.8) is 0 Å². The van der Waals surface area contributed by atoms with Crippen LogP contribution in [0.3, 0.4) is 0 Å². The predicted molar refractivity (Wildman–Crippen MR) is 78.3 cm³/mol. The zero-order chi connectivity index (χ0) is 12.7. The number of nitrogens with two attached hydrogens (primary N) is 1. The first-order valence-corrected chi connectivity index (χ1v) is 7.36. The van der Waals surface area contributed by atoms with Crippen LogP contribution >= 0.6 is 34.7 Å². The van der Waals surface area contributed by atoms with E-state index in [1.165, 1.54) is 11.7 Å². The second-order valence-electron chi connectivity index (χ2n) is 4.05. The molecule has 0 aliphatic rings. The van der Waals surface area contributed by atoms with Gasteiger partial charge in [0.1, 0.15) is 11.0 Å². The minimum absolute atomic E-state index is 0.0373. The molecule has 1 unspecified atom stereocenters. The molecule has 0 spiro atoms. The second-order valence-corrected chi connectivity index (χ2v) is 6.10. The van der Waals surface area contributed by atoms with Crippen LogP contribution in [0.5, 0.6) is 0 Å². The molecule has 6 heteroatoms. The lowest BCUT2D eigenvalue weighted by atomic mass is 10.1. The first kappa shape index (κ1) is 12.0. The Morgan fingerprint density at radius 3 is 2.78 bits per heavy atom. The Bertz CT molecular complexity index is 702. The van der Waals surface area contributed by atoms with Crippen LogP contribution in [0.2, 0.25) is 5.02 Å². The summed E-state index contributed by atoms with van der Waals surface area (Å²) in [6.45, 7) is 1.97. The Morgan fingerprint density at radius 2 is 2.06 bits per heavy atom. The Hall–Kier alpha value is -1.01. The first-order valence-electron chi connectivity index (χ1n) is 5.43. The molecule has 92 valence electrons. The Morgan fingerprint density at radius 1 is 1.22 bits per heavy atom. The van der Waals surface area contributed by atoms with Gasteiger partial charge in [-0.25, -0.2) is 0 Å². The minimum Gasteiger partial charge on any atom is -0.324 e. The molecule has 0 radical (unpaired) electrons. The van der Waals surface area contributed by atoms with Crippen LogP contribution < -0.4 is 5.73 Å². The highest BCUT2D eigenvalue weighted by molar-refractivity contribution is 7.15. The molecule has 1 aromatic carbocycles. The lowest BCUT2D eigenvalue weighted by Crippen LogP contribution is -2.01. The van der Waals surface area contributed by atoms with Crippen molar-refractivity contribution in [1.82, 2.24) is 8.75 Å². The second kappa shape index (κ2) is 4.59. The van der Waals surface area contributed by atoms with Crippen molar-refractivity contribution < 1.29 is 0 Å². The van der Waals surface area contributed by atoms with E-state index in [1.54, 1.807) is 11.3 Å². The molecule has 3 aromatic rings. The average Bonchev–Trinajstić information content (AvgIpc) is 2.95. The van der Waals surface area contributed by atoms with Crippen molar-refractivity contribution in [3.05, 3.63) is 34.2 Å². The molecule has 2 heterocycles. The van der Waals surface area contributed by atoms with Crippen LogP contribution in [0.1, 0.15) is 17.8 Å². The van der Waals surface area contributed by atoms with E-state index in [4.69, 9.17) is 17.3 Å². The monoisotopic (exact) mass is 295 g/mol. The maximum atomic E-state index is 6.30. The molecule has 0 amide bonds.